The third-order valence-corrected chi connectivity index (χ3v) is 2.58. The van der Waals surface area contributed by atoms with Gasteiger partial charge in [0.25, 0.3) is 10.1 Å². The van der Waals surface area contributed by atoms with Gasteiger partial charge in [0.05, 0.1) is 0 Å². The summed E-state index contributed by atoms with van der Waals surface area (Å²) in [6.45, 7) is 0. The summed E-state index contributed by atoms with van der Waals surface area (Å²) in [6.07, 6.45) is 2.75. The molecule has 76 valence electrons. The van der Waals surface area contributed by atoms with E-state index in [9.17, 15) is 8.42 Å². The first-order chi connectivity index (χ1) is 6.09. The van der Waals surface area contributed by atoms with Crippen LogP contribution in [-0.4, -0.2) is 22.9 Å². The van der Waals surface area contributed by atoms with E-state index in [4.69, 9.17) is 4.55 Å². The van der Waals surface area contributed by atoms with Gasteiger partial charge in [-0.15, -0.1) is 12.4 Å². The highest BCUT2D eigenvalue weighted by Gasteiger charge is 2.15. The smallest absolute Gasteiger partial charge is 0.296 e. The molecular formula is C7H7ClN2O3S. The van der Waals surface area contributed by atoms with Crippen molar-refractivity contribution in [1.82, 2.24) is 9.97 Å². The maximum absolute atomic E-state index is 10.8. The van der Waals surface area contributed by atoms with E-state index in [0.29, 0.717) is 11.0 Å². The molecule has 0 atom stereocenters. The Hall–Kier alpha value is -1.11. The standard InChI is InChI=1S/C7H6N2O3S.ClH/c10-13(11,12)6-4-9-7-5(6)2-1-3-8-7;/h1-4H,(H,8,9)(H,10,11,12);1H. The normalized spacial score (nSPS) is 11.2. The highest BCUT2D eigenvalue weighted by Crippen LogP contribution is 2.19. The van der Waals surface area contributed by atoms with Crippen LogP contribution in [0.5, 0.6) is 0 Å². The molecule has 7 heteroatoms. The van der Waals surface area contributed by atoms with E-state index in [2.05, 4.69) is 9.97 Å². The molecule has 5 nitrogen and oxygen atoms in total. The van der Waals surface area contributed by atoms with E-state index >= 15 is 0 Å². The second kappa shape index (κ2) is 3.56. The number of aromatic amines is 1. The molecule has 0 aliphatic heterocycles. The van der Waals surface area contributed by atoms with Crippen molar-refractivity contribution < 1.29 is 13.0 Å². The van der Waals surface area contributed by atoms with Gasteiger partial charge in [0.15, 0.2) is 0 Å². The van der Waals surface area contributed by atoms with Gasteiger partial charge < -0.3 is 4.98 Å². The molecule has 0 amide bonds. The molecule has 0 radical (unpaired) electrons. The molecule has 0 aliphatic rings. The molecule has 2 rings (SSSR count). The molecule has 0 fully saturated rings. The van der Waals surface area contributed by atoms with Gasteiger partial charge in [0.2, 0.25) is 0 Å². The molecule has 0 saturated heterocycles. The summed E-state index contributed by atoms with van der Waals surface area (Å²) in [7, 11) is -4.16. The van der Waals surface area contributed by atoms with Crippen LogP contribution in [0.15, 0.2) is 29.4 Å². The number of nitrogens with one attached hydrogen (secondary N) is 1. The Morgan fingerprint density at radius 1 is 1.43 bits per heavy atom. The first-order valence-electron chi connectivity index (χ1n) is 3.48. The number of halogens is 1. The number of H-pyrrole nitrogens is 1. The van der Waals surface area contributed by atoms with E-state index in [1.165, 1.54) is 12.4 Å². The number of fused-ring (bicyclic) bond motifs is 1. The average molecular weight is 235 g/mol. The maximum Gasteiger partial charge on any atom is 0.296 e. The summed E-state index contributed by atoms with van der Waals surface area (Å²) < 4.78 is 30.4. The zero-order valence-corrected chi connectivity index (χ0v) is 8.47. The predicted octanol–water partition coefficient (Wildman–Crippen LogP) is 1.23. The van der Waals surface area contributed by atoms with Gasteiger partial charge in [0.1, 0.15) is 10.5 Å². The van der Waals surface area contributed by atoms with Gasteiger partial charge in [-0.05, 0) is 12.1 Å². The summed E-state index contributed by atoms with van der Waals surface area (Å²) in [5, 5.41) is 0.394. The molecule has 0 aromatic carbocycles. The molecule has 0 unspecified atom stereocenters. The lowest BCUT2D eigenvalue weighted by atomic mass is 10.3. The lowest BCUT2D eigenvalue weighted by Gasteiger charge is -1.91. The van der Waals surface area contributed by atoms with Crippen molar-refractivity contribution in [3.05, 3.63) is 24.5 Å². The minimum atomic E-state index is -4.16. The average Bonchev–Trinajstić information content (AvgIpc) is 2.45. The first-order valence-corrected chi connectivity index (χ1v) is 4.92. The lowest BCUT2D eigenvalue weighted by Crippen LogP contribution is -1.95. The Labute approximate surface area is 86.3 Å². The van der Waals surface area contributed by atoms with Crippen LogP contribution in [0.1, 0.15) is 0 Å². The van der Waals surface area contributed by atoms with Crippen molar-refractivity contribution in [3.63, 3.8) is 0 Å². The van der Waals surface area contributed by atoms with Gasteiger partial charge in [-0.3, -0.25) is 4.55 Å². The van der Waals surface area contributed by atoms with Gasteiger partial charge in [-0.2, -0.15) is 8.42 Å². The van der Waals surface area contributed by atoms with Crippen molar-refractivity contribution in [3.8, 4) is 0 Å². The van der Waals surface area contributed by atoms with E-state index in [-0.39, 0.29) is 17.3 Å². The van der Waals surface area contributed by atoms with Gasteiger partial charge in [0, 0.05) is 17.8 Å². The lowest BCUT2D eigenvalue weighted by molar-refractivity contribution is 0.484. The topological polar surface area (TPSA) is 83.0 Å². The molecule has 2 aromatic rings. The Morgan fingerprint density at radius 2 is 2.14 bits per heavy atom. The van der Waals surface area contributed by atoms with Crippen LogP contribution in [-0.2, 0) is 10.1 Å². The van der Waals surface area contributed by atoms with Crippen molar-refractivity contribution in [2.75, 3.05) is 0 Å². The van der Waals surface area contributed by atoms with Gasteiger partial charge >= 0.3 is 0 Å². The molecule has 14 heavy (non-hydrogen) atoms. The van der Waals surface area contributed by atoms with Gasteiger partial charge in [-0.1, -0.05) is 0 Å². The Morgan fingerprint density at radius 3 is 2.79 bits per heavy atom. The zero-order chi connectivity index (χ0) is 9.47. The fourth-order valence-corrected chi connectivity index (χ4v) is 1.79. The third-order valence-electron chi connectivity index (χ3n) is 1.69. The van der Waals surface area contributed by atoms with Crippen LogP contribution >= 0.6 is 12.4 Å². The summed E-state index contributed by atoms with van der Waals surface area (Å²) >= 11 is 0. The highest BCUT2D eigenvalue weighted by molar-refractivity contribution is 7.86. The molecule has 2 aromatic heterocycles. The summed E-state index contributed by atoms with van der Waals surface area (Å²) in [6, 6.07) is 3.17. The van der Waals surface area contributed by atoms with Crippen LogP contribution in [0.25, 0.3) is 11.0 Å². The maximum atomic E-state index is 10.8. The summed E-state index contributed by atoms with van der Waals surface area (Å²) in [5.41, 5.74) is 0.440. The van der Waals surface area contributed by atoms with E-state index in [1.807, 2.05) is 0 Å². The number of rotatable bonds is 1. The Kier molecular flexibility index (Phi) is 2.79. The molecule has 0 aliphatic carbocycles. The first kappa shape index (κ1) is 11.0. The quantitative estimate of drug-likeness (QED) is 0.727. The molecular weight excluding hydrogens is 228 g/mol. The Balaban J connectivity index is 0.000000980. The van der Waals surface area contributed by atoms with Crippen LogP contribution < -0.4 is 0 Å². The SMILES string of the molecule is Cl.O=S(=O)(O)c1c[nH]c2ncccc12. The van der Waals surface area contributed by atoms with E-state index in [0.717, 1.165) is 0 Å². The van der Waals surface area contributed by atoms with Crippen molar-refractivity contribution >= 4 is 33.6 Å². The zero-order valence-electron chi connectivity index (χ0n) is 6.84. The third kappa shape index (κ3) is 1.72. The van der Waals surface area contributed by atoms with Crippen molar-refractivity contribution in [2.24, 2.45) is 0 Å². The monoisotopic (exact) mass is 234 g/mol. The summed E-state index contributed by atoms with van der Waals surface area (Å²) in [5.74, 6) is 0. The minimum Gasteiger partial charge on any atom is -0.345 e. The highest BCUT2D eigenvalue weighted by atomic mass is 35.5. The van der Waals surface area contributed by atoms with E-state index < -0.39 is 10.1 Å². The van der Waals surface area contributed by atoms with Crippen LogP contribution in [0.4, 0.5) is 0 Å². The van der Waals surface area contributed by atoms with Crippen molar-refractivity contribution in [2.45, 2.75) is 4.90 Å². The predicted molar refractivity (Wildman–Crippen MR) is 53.2 cm³/mol. The number of pyridine rings is 1. The molecule has 0 saturated carbocycles. The summed E-state index contributed by atoms with van der Waals surface area (Å²) in [4.78, 5) is 6.39. The number of nitrogens with zero attached hydrogens (tertiary/aromatic N) is 1. The molecule has 2 N–H and O–H groups in total. The fourth-order valence-electron chi connectivity index (χ4n) is 1.14. The number of hydrogen-bond donors (Lipinski definition) is 2. The minimum absolute atomic E-state index is 0. The molecule has 0 bridgehead atoms. The van der Waals surface area contributed by atoms with Crippen LogP contribution in [0.2, 0.25) is 0 Å². The largest absolute Gasteiger partial charge is 0.345 e. The molecule has 0 spiro atoms. The van der Waals surface area contributed by atoms with Crippen LogP contribution in [0.3, 0.4) is 0 Å². The second-order valence-electron chi connectivity index (χ2n) is 2.53. The molecule has 2 heterocycles. The Bertz CT molecular complexity index is 549. The fraction of sp³-hybridized carbons (Fsp3) is 0. The number of hydrogen-bond acceptors (Lipinski definition) is 3. The second-order valence-corrected chi connectivity index (χ2v) is 3.92. The van der Waals surface area contributed by atoms with E-state index in [1.54, 1.807) is 12.1 Å². The van der Waals surface area contributed by atoms with Gasteiger partial charge in [-0.25, -0.2) is 4.98 Å². The van der Waals surface area contributed by atoms with Crippen LogP contribution in [0, 0.1) is 0 Å². The van der Waals surface area contributed by atoms with Crippen molar-refractivity contribution in [1.29, 1.82) is 0 Å². The number of aromatic nitrogens is 2.